The van der Waals surface area contributed by atoms with Crippen LogP contribution in [0.4, 0.5) is 0 Å². The molecule has 0 amide bonds. The highest BCUT2D eigenvalue weighted by Crippen LogP contribution is 2.70. The second kappa shape index (κ2) is 18.3. The summed E-state index contributed by atoms with van der Waals surface area (Å²) >= 11 is 0. The van der Waals surface area contributed by atoms with Crippen molar-refractivity contribution in [1.29, 1.82) is 0 Å². The SMILES string of the molecule is C[C@@H]1CC[C@@]2(NC1)O[C@H]1C[C@H]3[C@@H]4CC=C5C[C@@H](O[C@@H]6O[C@H](CO)[C@H](O)[C@H](O[C@@H]7O[C@H](CO)[C@@H](O)[C@H](O)[C@H]7O)[C@H]6O[C@@H]6O[C@@H](C)[C@H](O)C(O)[C@H]6O)CC[C@]5(C)[C@H]4CC[C@]3(C)[C@H]1[C@@H]2C.Cl. The van der Waals surface area contributed by atoms with Gasteiger partial charge in [0.15, 0.2) is 18.9 Å². The van der Waals surface area contributed by atoms with Crippen LogP contribution in [-0.2, 0) is 33.2 Å². The third-order valence-corrected chi connectivity index (χ3v) is 17.9. The number of allylic oxidation sites excluding steroid dienone is 1. The first kappa shape index (κ1) is 48.8. The molecule has 1 unspecified atom stereocenters. The maximum atomic E-state index is 11.6. The van der Waals surface area contributed by atoms with E-state index in [1.165, 1.54) is 25.3 Å². The molecule has 63 heavy (non-hydrogen) atoms. The molecule has 9 aliphatic rings. The number of nitrogens with one attached hydrogen (secondary N) is 1. The first-order valence-electron chi connectivity index (χ1n) is 23.5. The van der Waals surface area contributed by atoms with E-state index in [2.05, 4.69) is 39.1 Å². The molecule has 0 aromatic carbocycles. The van der Waals surface area contributed by atoms with Crippen LogP contribution in [-0.4, -0.2) is 176 Å². The van der Waals surface area contributed by atoms with Crippen molar-refractivity contribution < 1.29 is 79.1 Å². The molecule has 5 heterocycles. The molecular formula is C45H74ClNO16. The lowest BCUT2D eigenvalue weighted by Gasteiger charge is -2.59. The Balaban J connectivity index is 0.00000544. The molecule has 0 aromatic rings. The molecule has 9 rings (SSSR count). The molecule has 10 N–H and O–H groups in total. The molecule has 5 aliphatic heterocycles. The van der Waals surface area contributed by atoms with Gasteiger partial charge in [-0.3, -0.25) is 5.32 Å². The second-order valence-corrected chi connectivity index (χ2v) is 21.2. The van der Waals surface area contributed by atoms with E-state index < -0.39 is 111 Å². The molecule has 5 saturated heterocycles. The summed E-state index contributed by atoms with van der Waals surface area (Å²) in [5.74, 6) is 3.32. The van der Waals surface area contributed by atoms with E-state index >= 15 is 0 Å². The van der Waals surface area contributed by atoms with Gasteiger partial charge in [-0.25, -0.2) is 0 Å². The number of rotatable bonds is 8. The molecule has 0 aromatic heterocycles. The highest BCUT2D eigenvalue weighted by molar-refractivity contribution is 5.85. The molecular weight excluding hydrogens is 846 g/mol. The number of fused-ring (bicyclic) bond motifs is 7. The average Bonchev–Trinajstić information content (AvgIpc) is 3.70. The Bertz CT molecular complexity index is 1620. The van der Waals surface area contributed by atoms with Crippen LogP contribution >= 0.6 is 12.4 Å². The van der Waals surface area contributed by atoms with Crippen molar-refractivity contribution in [1.82, 2.24) is 5.32 Å². The minimum atomic E-state index is -1.84. The van der Waals surface area contributed by atoms with E-state index in [1.807, 2.05) is 0 Å². The molecule has 18 heteroatoms. The smallest absolute Gasteiger partial charge is 0.187 e. The second-order valence-electron chi connectivity index (χ2n) is 21.2. The van der Waals surface area contributed by atoms with Crippen LogP contribution in [0.1, 0.15) is 92.4 Å². The van der Waals surface area contributed by atoms with Gasteiger partial charge in [0.05, 0.1) is 31.5 Å². The molecule has 362 valence electrons. The van der Waals surface area contributed by atoms with Gasteiger partial charge < -0.3 is 79.1 Å². The largest absolute Gasteiger partial charge is 0.394 e. The van der Waals surface area contributed by atoms with E-state index in [4.69, 9.17) is 33.2 Å². The van der Waals surface area contributed by atoms with Gasteiger partial charge in [0.2, 0.25) is 0 Å². The summed E-state index contributed by atoms with van der Waals surface area (Å²) in [7, 11) is 0. The van der Waals surface area contributed by atoms with Crippen LogP contribution in [0.2, 0.25) is 0 Å². The molecule has 26 atom stereocenters. The van der Waals surface area contributed by atoms with E-state index in [1.54, 1.807) is 0 Å². The number of aliphatic hydroxyl groups excluding tert-OH is 9. The standard InChI is InChI=1S/C45H73NO16.ClH/c1-19-8-13-45(46-16-19)20(2)30-27(62-45)15-26-24-7-6-22-14-23(9-11-43(22,4)25(24)10-12-44(26,30)5)57-42-39(61-40-36(54)34(52)31(49)21(3)56-40)38(33(51)29(18-48)59-42)60-41-37(55)35(53)32(50)28(17-47)58-41;/h6,19-21,23-42,46-55H,7-18H2,1-5H3;1H/t19-,20+,21+,23+,24-,25+,26+,27+,28-,29-,30+,31+,32-,33+,34?,35+,36-,37-,38+,39-,40+,41+,42-,43+,44+,45-;/m1./s1. The molecule has 8 fully saturated rings. The highest BCUT2D eigenvalue weighted by Gasteiger charge is 2.68. The third-order valence-electron chi connectivity index (χ3n) is 17.9. The van der Waals surface area contributed by atoms with Crippen molar-refractivity contribution in [3.05, 3.63) is 11.6 Å². The number of piperidine rings is 1. The van der Waals surface area contributed by atoms with E-state index in [0.29, 0.717) is 48.3 Å². The van der Waals surface area contributed by atoms with E-state index in [-0.39, 0.29) is 35.1 Å². The number of ether oxygens (including phenoxy) is 7. The number of halogens is 1. The fourth-order valence-electron chi connectivity index (χ4n) is 14.2. The Kier molecular flexibility index (Phi) is 14.2. The Morgan fingerprint density at radius 1 is 0.698 bits per heavy atom. The van der Waals surface area contributed by atoms with E-state index in [0.717, 1.165) is 38.6 Å². The molecule has 0 bridgehead atoms. The molecule has 17 nitrogen and oxygen atoms in total. The normalized spacial score (nSPS) is 56.7. The van der Waals surface area contributed by atoms with Gasteiger partial charge in [-0.2, -0.15) is 0 Å². The molecule has 0 radical (unpaired) electrons. The predicted molar refractivity (Wildman–Crippen MR) is 223 cm³/mol. The quantitative estimate of drug-likeness (QED) is 0.146. The number of hydrogen-bond acceptors (Lipinski definition) is 17. The van der Waals surface area contributed by atoms with Crippen molar-refractivity contribution in [3.63, 3.8) is 0 Å². The highest BCUT2D eigenvalue weighted by atomic mass is 35.5. The predicted octanol–water partition coefficient (Wildman–Crippen LogP) is 0.209. The first-order chi connectivity index (χ1) is 29.4. The topological polar surface area (TPSA) is 259 Å². The Morgan fingerprint density at radius 3 is 2.03 bits per heavy atom. The number of aliphatic hydroxyl groups is 9. The van der Waals surface area contributed by atoms with Crippen molar-refractivity contribution in [3.8, 4) is 0 Å². The summed E-state index contributed by atoms with van der Waals surface area (Å²) in [6.45, 7) is 10.8. The van der Waals surface area contributed by atoms with Crippen LogP contribution in [0.25, 0.3) is 0 Å². The zero-order valence-electron chi connectivity index (χ0n) is 37.1. The van der Waals surface area contributed by atoms with E-state index in [9.17, 15) is 46.0 Å². The monoisotopic (exact) mass is 919 g/mol. The fourth-order valence-corrected chi connectivity index (χ4v) is 14.2. The van der Waals surface area contributed by atoms with Crippen LogP contribution in [0.15, 0.2) is 11.6 Å². The maximum Gasteiger partial charge on any atom is 0.187 e. The summed E-state index contributed by atoms with van der Waals surface area (Å²) < 4.78 is 43.9. The summed E-state index contributed by atoms with van der Waals surface area (Å²) in [5, 5.41) is 99.7. The Labute approximate surface area is 376 Å². The van der Waals surface area contributed by atoms with Gasteiger partial charge in [0, 0.05) is 12.5 Å². The van der Waals surface area contributed by atoms with Gasteiger partial charge in [0.25, 0.3) is 0 Å². The summed E-state index contributed by atoms with van der Waals surface area (Å²) in [5.41, 5.74) is 1.32. The van der Waals surface area contributed by atoms with Crippen LogP contribution < -0.4 is 5.32 Å². The van der Waals surface area contributed by atoms with Crippen LogP contribution in [0, 0.1) is 46.3 Å². The van der Waals surface area contributed by atoms with Gasteiger partial charge >= 0.3 is 0 Å². The lowest BCUT2D eigenvalue weighted by Crippen LogP contribution is -2.67. The summed E-state index contributed by atoms with van der Waals surface area (Å²) in [4.78, 5) is 0. The third kappa shape index (κ3) is 8.10. The minimum Gasteiger partial charge on any atom is -0.394 e. The fraction of sp³-hybridized carbons (Fsp3) is 0.956. The van der Waals surface area contributed by atoms with Gasteiger partial charge in [-0.15, -0.1) is 12.4 Å². The van der Waals surface area contributed by atoms with Gasteiger partial charge in [0.1, 0.15) is 72.9 Å². The van der Waals surface area contributed by atoms with Crippen molar-refractivity contribution in [2.75, 3.05) is 19.8 Å². The molecule has 3 saturated carbocycles. The van der Waals surface area contributed by atoms with Crippen LogP contribution in [0.3, 0.4) is 0 Å². The number of hydrogen-bond donors (Lipinski definition) is 10. The van der Waals surface area contributed by atoms with Crippen LogP contribution in [0.5, 0.6) is 0 Å². The average molecular weight is 921 g/mol. The molecule has 1 spiro atoms. The van der Waals surface area contributed by atoms with Crippen molar-refractivity contribution >= 4 is 12.4 Å². The Morgan fingerprint density at radius 2 is 1.35 bits per heavy atom. The summed E-state index contributed by atoms with van der Waals surface area (Å²) in [6, 6.07) is 0. The first-order valence-corrected chi connectivity index (χ1v) is 23.5. The van der Waals surface area contributed by atoms with Gasteiger partial charge in [-0.05, 0) is 105 Å². The zero-order chi connectivity index (χ0) is 44.2. The van der Waals surface area contributed by atoms with Gasteiger partial charge in [-0.1, -0.05) is 39.3 Å². The van der Waals surface area contributed by atoms with Crippen molar-refractivity contribution in [2.45, 2.75) is 202 Å². The minimum absolute atomic E-state index is 0. The summed E-state index contributed by atoms with van der Waals surface area (Å²) in [6.07, 6.45) is -11.9. The Hall–Kier alpha value is -0.650. The van der Waals surface area contributed by atoms with Crippen molar-refractivity contribution in [2.24, 2.45) is 46.3 Å². The lowest BCUT2D eigenvalue weighted by atomic mass is 9.47. The molecule has 4 aliphatic carbocycles. The maximum absolute atomic E-state index is 11.6. The zero-order valence-corrected chi connectivity index (χ0v) is 37.9. The lowest BCUT2D eigenvalue weighted by molar-refractivity contribution is -0.394.